The summed E-state index contributed by atoms with van der Waals surface area (Å²) in [5.74, 6) is 0. The normalized spacial score (nSPS) is 11.7. The van der Waals surface area contributed by atoms with Crippen molar-refractivity contribution in [2.45, 2.75) is 45.8 Å². The maximum absolute atomic E-state index is 12.2. The molecule has 0 radical (unpaired) electrons. The predicted octanol–water partition coefficient (Wildman–Crippen LogP) is 2.77. The van der Waals surface area contributed by atoms with Gasteiger partial charge in [0, 0.05) is 12.6 Å². The molecule has 0 aromatic carbocycles. The Hall–Kier alpha value is -0.940. The molecule has 2 amide bonds. The van der Waals surface area contributed by atoms with Gasteiger partial charge in [-0.1, -0.05) is 13.3 Å². The largest absolute Gasteiger partial charge is 0.406 e. The Balaban J connectivity index is 4.25. The lowest BCUT2D eigenvalue weighted by molar-refractivity contribution is -0.142. The van der Waals surface area contributed by atoms with Gasteiger partial charge in [-0.2, -0.15) is 13.2 Å². The van der Waals surface area contributed by atoms with Gasteiger partial charge >= 0.3 is 12.2 Å². The molecule has 1 N–H and O–H groups in total. The van der Waals surface area contributed by atoms with E-state index < -0.39 is 24.8 Å². The molecular weight excluding hydrogens is 221 g/mol. The number of carbonyl (C=O) groups is 1. The van der Waals surface area contributed by atoms with E-state index in [-0.39, 0.29) is 0 Å². The third-order valence-corrected chi connectivity index (χ3v) is 2.04. The zero-order valence-corrected chi connectivity index (χ0v) is 9.90. The Morgan fingerprint density at radius 1 is 1.38 bits per heavy atom. The van der Waals surface area contributed by atoms with Gasteiger partial charge in [-0.25, -0.2) is 4.79 Å². The highest BCUT2D eigenvalue weighted by atomic mass is 19.4. The van der Waals surface area contributed by atoms with E-state index in [4.69, 9.17) is 0 Å². The number of hydrogen-bond acceptors (Lipinski definition) is 1. The van der Waals surface area contributed by atoms with Gasteiger partial charge in [0.25, 0.3) is 0 Å². The Morgan fingerprint density at radius 3 is 2.31 bits per heavy atom. The molecule has 3 nitrogen and oxygen atoms in total. The summed E-state index contributed by atoms with van der Waals surface area (Å²) in [6.07, 6.45) is -2.70. The van der Waals surface area contributed by atoms with Crippen LogP contribution in [0.15, 0.2) is 0 Å². The molecule has 0 aliphatic rings. The second kappa shape index (κ2) is 6.60. The van der Waals surface area contributed by atoms with Gasteiger partial charge in [-0.3, -0.25) is 0 Å². The lowest BCUT2D eigenvalue weighted by atomic mass is 10.3. The number of carbonyl (C=O) groups excluding carboxylic acids is 1. The van der Waals surface area contributed by atoms with Gasteiger partial charge in [0.05, 0.1) is 0 Å². The first kappa shape index (κ1) is 15.1. The van der Waals surface area contributed by atoms with E-state index in [1.165, 1.54) is 0 Å². The summed E-state index contributed by atoms with van der Waals surface area (Å²) in [7, 11) is 0. The van der Waals surface area contributed by atoms with E-state index in [9.17, 15) is 18.0 Å². The van der Waals surface area contributed by atoms with Crippen LogP contribution in [0.25, 0.3) is 0 Å². The first-order valence-corrected chi connectivity index (χ1v) is 5.39. The molecule has 0 fully saturated rings. The molecule has 0 unspecified atom stereocenters. The van der Waals surface area contributed by atoms with Gasteiger partial charge in [0.2, 0.25) is 0 Å². The number of nitrogens with one attached hydrogen (secondary N) is 1. The van der Waals surface area contributed by atoms with E-state index in [0.29, 0.717) is 6.54 Å². The average molecular weight is 240 g/mol. The number of alkyl halides is 3. The summed E-state index contributed by atoms with van der Waals surface area (Å²) in [6, 6.07) is -1.12. The molecule has 0 bridgehead atoms. The monoisotopic (exact) mass is 240 g/mol. The van der Waals surface area contributed by atoms with Gasteiger partial charge in [-0.15, -0.1) is 0 Å². The molecule has 0 aromatic heterocycles. The molecule has 0 spiro atoms. The maximum Gasteiger partial charge on any atom is 0.406 e. The van der Waals surface area contributed by atoms with Crippen molar-refractivity contribution in [2.75, 3.05) is 13.1 Å². The van der Waals surface area contributed by atoms with Crippen LogP contribution in [0.3, 0.4) is 0 Å². The molecule has 0 rings (SSSR count). The number of nitrogens with zero attached hydrogens (tertiary/aromatic N) is 1. The number of unbranched alkanes of at least 4 members (excludes halogenated alkanes) is 1. The fourth-order valence-corrected chi connectivity index (χ4v) is 1.16. The summed E-state index contributed by atoms with van der Waals surface area (Å²) in [4.78, 5) is 12.2. The van der Waals surface area contributed by atoms with Crippen LogP contribution in [-0.2, 0) is 0 Å². The molecular formula is C10H19F3N2O. The number of halogens is 3. The summed E-state index contributed by atoms with van der Waals surface area (Å²) in [5.41, 5.74) is 0. The van der Waals surface area contributed by atoms with Gasteiger partial charge in [0.1, 0.15) is 6.54 Å². The van der Waals surface area contributed by atoms with E-state index in [2.05, 4.69) is 5.32 Å². The van der Waals surface area contributed by atoms with Crippen LogP contribution in [-0.4, -0.2) is 36.2 Å². The third-order valence-electron chi connectivity index (χ3n) is 2.04. The zero-order valence-electron chi connectivity index (χ0n) is 9.90. The Labute approximate surface area is 94.0 Å². The Bertz CT molecular complexity index is 217. The van der Waals surface area contributed by atoms with Crippen molar-refractivity contribution in [2.24, 2.45) is 0 Å². The van der Waals surface area contributed by atoms with Crippen molar-refractivity contribution in [3.8, 4) is 0 Å². The Kier molecular flexibility index (Phi) is 6.21. The van der Waals surface area contributed by atoms with Crippen molar-refractivity contribution in [1.82, 2.24) is 10.2 Å². The molecule has 6 heteroatoms. The molecule has 16 heavy (non-hydrogen) atoms. The molecule has 0 atom stereocenters. The molecule has 0 aromatic rings. The van der Waals surface area contributed by atoms with Crippen molar-refractivity contribution in [3.63, 3.8) is 0 Å². The highest BCUT2D eigenvalue weighted by molar-refractivity contribution is 5.74. The van der Waals surface area contributed by atoms with Crippen molar-refractivity contribution in [1.29, 1.82) is 0 Å². The lowest BCUT2D eigenvalue weighted by Crippen LogP contribution is -2.48. The minimum absolute atomic E-state index is 0.413. The fraction of sp³-hybridized carbons (Fsp3) is 0.900. The van der Waals surface area contributed by atoms with Crippen molar-refractivity contribution in [3.05, 3.63) is 0 Å². The van der Waals surface area contributed by atoms with Crippen LogP contribution in [0.5, 0.6) is 0 Å². The van der Waals surface area contributed by atoms with Gasteiger partial charge in [0.15, 0.2) is 0 Å². The first-order valence-electron chi connectivity index (χ1n) is 5.39. The highest BCUT2D eigenvalue weighted by Crippen LogP contribution is 2.17. The minimum Gasteiger partial charge on any atom is -0.338 e. The minimum atomic E-state index is -4.35. The van der Waals surface area contributed by atoms with Gasteiger partial charge < -0.3 is 10.2 Å². The summed E-state index contributed by atoms with van der Waals surface area (Å²) >= 11 is 0. The number of hydrogen-bond donors (Lipinski definition) is 1. The molecule has 0 saturated heterocycles. The maximum atomic E-state index is 12.2. The first-order chi connectivity index (χ1) is 7.28. The predicted molar refractivity (Wildman–Crippen MR) is 56.2 cm³/mol. The van der Waals surface area contributed by atoms with E-state index in [1.807, 2.05) is 6.92 Å². The summed E-state index contributed by atoms with van der Waals surface area (Å²) in [5, 5.41) is 2.47. The van der Waals surface area contributed by atoms with Crippen LogP contribution in [0, 0.1) is 0 Å². The standard InChI is InChI=1S/C10H19F3N2O/c1-4-5-6-14-9(16)15(8(2)3)7-10(11,12)13/h8H,4-7H2,1-3H3,(H,14,16). The van der Waals surface area contributed by atoms with E-state index >= 15 is 0 Å². The van der Waals surface area contributed by atoms with Crippen molar-refractivity contribution < 1.29 is 18.0 Å². The van der Waals surface area contributed by atoms with Gasteiger partial charge in [-0.05, 0) is 20.3 Å². The number of urea groups is 1. The van der Waals surface area contributed by atoms with E-state index in [0.717, 1.165) is 17.7 Å². The highest BCUT2D eigenvalue weighted by Gasteiger charge is 2.34. The second-order valence-electron chi connectivity index (χ2n) is 3.92. The smallest absolute Gasteiger partial charge is 0.338 e. The molecule has 0 heterocycles. The zero-order chi connectivity index (χ0) is 12.8. The fourth-order valence-electron chi connectivity index (χ4n) is 1.16. The van der Waals surface area contributed by atoms with Crippen LogP contribution in [0.2, 0.25) is 0 Å². The van der Waals surface area contributed by atoms with Crippen molar-refractivity contribution >= 4 is 6.03 Å². The topological polar surface area (TPSA) is 32.3 Å². The molecule has 0 aliphatic carbocycles. The summed E-state index contributed by atoms with van der Waals surface area (Å²) < 4.78 is 36.6. The van der Waals surface area contributed by atoms with Crippen LogP contribution < -0.4 is 5.32 Å². The second-order valence-corrected chi connectivity index (χ2v) is 3.92. The van der Waals surface area contributed by atoms with Crippen LogP contribution in [0.1, 0.15) is 33.6 Å². The lowest BCUT2D eigenvalue weighted by Gasteiger charge is -2.27. The third kappa shape index (κ3) is 6.53. The van der Waals surface area contributed by atoms with Crippen LogP contribution >= 0.6 is 0 Å². The number of amides is 2. The molecule has 0 saturated carbocycles. The summed E-state index contributed by atoms with van der Waals surface area (Å²) in [6.45, 7) is 4.28. The quantitative estimate of drug-likeness (QED) is 0.736. The molecule has 0 aliphatic heterocycles. The average Bonchev–Trinajstić information content (AvgIpc) is 2.12. The van der Waals surface area contributed by atoms with Crippen LogP contribution in [0.4, 0.5) is 18.0 Å². The van der Waals surface area contributed by atoms with E-state index in [1.54, 1.807) is 13.8 Å². The molecule has 96 valence electrons. The number of rotatable bonds is 5. The SMILES string of the molecule is CCCCNC(=O)N(CC(F)(F)F)C(C)C. The Morgan fingerprint density at radius 2 is 1.94 bits per heavy atom.